The summed E-state index contributed by atoms with van der Waals surface area (Å²) in [4.78, 5) is 30.5. The summed E-state index contributed by atoms with van der Waals surface area (Å²) in [5.74, 6) is -0.615. The molecule has 0 spiro atoms. The SMILES string of the molecule is CCNCCNCc1cnc2cc1C(=O)NCC(C)n1c(C)nc3c(F)cc(cc31)-c1nc(ncc1F)N2. The molecule has 1 aliphatic heterocycles. The summed E-state index contributed by atoms with van der Waals surface area (Å²) in [6, 6.07) is 4.22. The zero-order chi connectivity index (χ0) is 26.8. The van der Waals surface area contributed by atoms with E-state index in [9.17, 15) is 9.18 Å². The van der Waals surface area contributed by atoms with Crippen molar-refractivity contribution in [2.75, 3.05) is 31.5 Å². The first-order valence-electron chi connectivity index (χ1n) is 12.5. The number of amides is 1. The van der Waals surface area contributed by atoms with Crippen LogP contribution in [-0.2, 0) is 6.54 Å². The number of benzene rings is 1. The predicted molar refractivity (Wildman–Crippen MR) is 140 cm³/mol. The fourth-order valence-electron chi connectivity index (χ4n) is 4.61. The Balaban J connectivity index is 1.58. The quantitative estimate of drug-likeness (QED) is 0.286. The highest BCUT2D eigenvalue weighted by Crippen LogP contribution is 2.31. The van der Waals surface area contributed by atoms with Crippen molar-refractivity contribution in [3.05, 3.63) is 59.2 Å². The summed E-state index contributed by atoms with van der Waals surface area (Å²) in [7, 11) is 0. The normalized spacial score (nSPS) is 15.2. The van der Waals surface area contributed by atoms with Gasteiger partial charge in [0.1, 0.15) is 22.9 Å². The summed E-state index contributed by atoms with van der Waals surface area (Å²) in [5.41, 5.74) is 1.99. The first kappa shape index (κ1) is 25.6. The number of halogens is 2. The van der Waals surface area contributed by atoms with Crippen LogP contribution in [-0.4, -0.2) is 56.6 Å². The molecular weight excluding hydrogens is 492 g/mol. The van der Waals surface area contributed by atoms with E-state index in [0.717, 1.165) is 31.4 Å². The number of hydrogen-bond acceptors (Lipinski definition) is 8. The van der Waals surface area contributed by atoms with Crippen molar-refractivity contribution < 1.29 is 13.6 Å². The molecular formula is C26H29F2N9O. The minimum Gasteiger partial charge on any atom is -0.350 e. The number of aromatic nitrogens is 5. The number of aryl methyl sites for hydroxylation is 1. The van der Waals surface area contributed by atoms with Crippen LogP contribution in [0.1, 0.15) is 41.6 Å². The van der Waals surface area contributed by atoms with Crippen LogP contribution in [0.15, 0.2) is 30.6 Å². The van der Waals surface area contributed by atoms with E-state index in [4.69, 9.17) is 0 Å². The van der Waals surface area contributed by atoms with Crippen molar-refractivity contribution in [3.63, 3.8) is 0 Å². The van der Waals surface area contributed by atoms with Crippen LogP contribution in [0.3, 0.4) is 0 Å². The first-order valence-corrected chi connectivity index (χ1v) is 12.5. The lowest BCUT2D eigenvalue weighted by Crippen LogP contribution is -2.32. The van der Waals surface area contributed by atoms with E-state index < -0.39 is 11.6 Å². The van der Waals surface area contributed by atoms with E-state index >= 15 is 4.39 Å². The summed E-state index contributed by atoms with van der Waals surface area (Å²) in [6.45, 7) is 8.82. The van der Waals surface area contributed by atoms with Crippen LogP contribution in [0.2, 0.25) is 0 Å². The molecule has 5 rings (SSSR count). The van der Waals surface area contributed by atoms with Crippen LogP contribution < -0.4 is 21.3 Å². The van der Waals surface area contributed by atoms with Gasteiger partial charge in [0.05, 0.1) is 11.7 Å². The molecule has 4 N–H and O–H groups in total. The molecule has 4 heterocycles. The molecule has 38 heavy (non-hydrogen) atoms. The minimum absolute atomic E-state index is 0.0604. The fourth-order valence-corrected chi connectivity index (χ4v) is 4.61. The molecule has 6 bridgehead atoms. The topological polar surface area (TPSA) is 122 Å². The Morgan fingerprint density at radius 1 is 1.08 bits per heavy atom. The number of fused-ring (bicyclic) bond motifs is 6. The largest absolute Gasteiger partial charge is 0.350 e. The summed E-state index contributed by atoms with van der Waals surface area (Å²) in [5, 5.41) is 12.5. The summed E-state index contributed by atoms with van der Waals surface area (Å²) >= 11 is 0. The van der Waals surface area contributed by atoms with Gasteiger partial charge in [-0.1, -0.05) is 6.92 Å². The Kier molecular flexibility index (Phi) is 7.25. The lowest BCUT2D eigenvalue weighted by Gasteiger charge is -2.18. The second-order valence-corrected chi connectivity index (χ2v) is 9.19. The third-order valence-electron chi connectivity index (χ3n) is 6.46. The molecule has 1 atom stereocenters. The maximum absolute atomic E-state index is 15.1. The van der Waals surface area contributed by atoms with Crippen LogP contribution in [0, 0.1) is 18.6 Å². The molecule has 0 saturated heterocycles. The standard InChI is InChI=1S/C26H29F2N9O/c1-4-29-5-6-30-11-17-12-31-22-9-18(17)25(38)32-10-14(2)37-15(3)34-24-19(27)7-16(8-21(24)37)23-20(28)13-33-26(35-22)36-23/h7-9,12-14,29-30H,4-6,10-11H2,1-3H3,(H,32,38)(H,31,33,35,36). The van der Waals surface area contributed by atoms with Crippen molar-refractivity contribution in [2.24, 2.45) is 0 Å². The van der Waals surface area contributed by atoms with Crippen molar-refractivity contribution in [2.45, 2.75) is 33.4 Å². The highest BCUT2D eigenvalue weighted by atomic mass is 19.1. The molecule has 4 aromatic rings. The molecule has 1 amide bonds. The van der Waals surface area contributed by atoms with Crippen molar-refractivity contribution in [1.82, 2.24) is 40.5 Å². The Labute approximate surface area is 218 Å². The van der Waals surface area contributed by atoms with Crippen molar-refractivity contribution in [3.8, 4) is 11.3 Å². The first-order chi connectivity index (χ1) is 18.4. The number of likely N-dealkylation sites (N-methyl/N-ethyl adjacent to an activating group) is 1. The van der Waals surface area contributed by atoms with E-state index in [1.807, 2.05) is 18.4 Å². The van der Waals surface area contributed by atoms with Gasteiger partial charge in [-0.3, -0.25) is 4.79 Å². The van der Waals surface area contributed by atoms with E-state index in [0.29, 0.717) is 29.3 Å². The maximum Gasteiger partial charge on any atom is 0.251 e. The van der Waals surface area contributed by atoms with Crippen molar-refractivity contribution in [1.29, 1.82) is 0 Å². The molecule has 1 aromatic carbocycles. The Bertz CT molecular complexity index is 1500. The van der Waals surface area contributed by atoms with Gasteiger partial charge in [0, 0.05) is 49.5 Å². The maximum atomic E-state index is 15.1. The number of nitrogens with one attached hydrogen (secondary N) is 4. The Morgan fingerprint density at radius 3 is 2.71 bits per heavy atom. The molecule has 0 saturated carbocycles. The zero-order valence-electron chi connectivity index (χ0n) is 21.4. The predicted octanol–water partition coefficient (Wildman–Crippen LogP) is 3.22. The fraction of sp³-hybridized carbons (Fsp3) is 0.346. The van der Waals surface area contributed by atoms with Gasteiger partial charge in [-0.05, 0) is 44.2 Å². The second kappa shape index (κ2) is 10.8. The van der Waals surface area contributed by atoms with Crippen LogP contribution in [0.4, 0.5) is 20.5 Å². The Morgan fingerprint density at radius 2 is 1.89 bits per heavy atom. The van der Waals surface area contributed by atoms with Gasteiger partial charge in [0.15, 0.2) is 11.6 Å². The molecule has 12 heteroatoms. The van der Waals surface area contributed by atoms with Gasteiger partial charge in [-0.15, -0.1) is 0 Å². The average molecular weight is 522 g/mol. The molecule has 10 nitrogen and oxygen atoms in total. The van der Waals surface area contributed by atoms with Gasteiger partial charge >= 0.3 is 0 Å². The number of anilines is 2. The molecule has 1 aliphatic rings. The van der Waals surface area contributed by atoms with E-state index in [1.54, 1.807) is 25.3 Å². The molecule has 1 unspecified atom stereocenters. The Hall–Kier alpha value is -4.03. The molecule has 198 valence electrons. The van der Waals surface area contributed by atoms with Gasteiger partial charge in [-0.25, -0.2) is 28.7 Å². The number of rotatable bonds is 6. The average Bonchev–Trinajstić information content (AvgIpc) is 3.24. The van der Waals surface area contributed by atoms with Gasteiger partial charge in [0.2, 0.25) is 5.95 Å². The monoisotopic (exact) mass is 521 g/mol. The molecule has 3 aromatic heterocycles. The van der Waals surface area contributed by atoms with Gasteiger partial charge < -0.3 is 25.8 Å². The van der Waals surface area contributed by atoms with Crippen LogP contribution >= 0.6 is 0 Å². The number of carbonyl (C=O) groups is 1. The number of pyridine rings is 1. The highest BCUT2D eigenvalue weighted by Gasteiger charge is 2.22. The van der Waals surface area contributed by atoms with E-state index in [1.165, 1.54) is 6.07 Å². The summed E-state index contributed by atoms with van der Waals surface area (Å²) < 4.78 is 31.8. The number of imidazole rings is 1. The third-order valence-corrected chi connectivity index (χ3v) is 6.46. The smallest absolute Gasteiger partial charge is 0.251 e. The van der Waals surface area contributed by atoms with Gasteiger partial charge in [-0.2, -0.15) is 0 Å². The third kappa shape index (κ3) is 5.04. The molecule has 0 fully saturated rings. The lowest BCUT2D eigenvalue weighted by atomic mass is 10.1. The number of carbonyl (C=O) groups excluding carboxylic acids is 1. The van der Waals surface area contributed by atoms with Crippen LogP contribution in [0.25, 0.3) is 22.3 Å². The van der Waals surface area contributed by atoms with Crippen LogP contribution in [0.5, 0.6) is 0 Å². The van der Waals surface area contributed by atoms with Crippen molar-refractivity contribution >= 4 is 28.7 Å². The highest BCUT2D eigenvalue weighted by molar-refractivity contribution is 5.96. The van der Waals surface area contributed by atoms with E-state index in [2.05, 4.69) is 41.2 Å². The summed E-state index contributed by atoms with van der Waals surface area (Å²) in [6.07, 6.45) is 2.64. The van der Waals surface area contributed by atoms with E-state index in [-0.39, 0.29) is 41.2 Å². The second-order valence-electron chi connectivity index (χ2n) is 9.19. The van der Waals surface area contributed by atoms with Gasteiger partial charge in [0.25, 0.3) is 5.91 Å². The molecule has 0 radical (unpaired) electrons. The minimum atomic E-state index is -0.695. The number of hydrogen-bond donors (Lipinski definition) is 4. The lowest BCUT2D eigenvalue weighted by molar-refractivity contribution is 0.0947. The molecule has 0 aliphatic carbocycles. The zero-order valence-corrected chi connectivity index (χ0v) is 21.4. The number of nitrogens with zero attached hydrogens (tertiary/aromatic N) is 5.